The van der Waals surface area contributed by atoms with E-state index >= 15 is 0 Å². The van der Waals surface area contributed by atoms with Crippen LogP contribution in [0.15, 0.2) is 4.99 Å². The summed E-state index contributed by atoms with van der Waals surface area (Å²) in [4.78, 5) is 4.29. The number of sulfonamides is 1. The third-order valence-electron chi connectivity index (χ3n) is 5.52. The molecule has 142 valence electrons. The second-order valence-corrected chi connectivity index (χ2v) is 8.97. The highest BCUT2D eigenvalue weighted by Gasteiger charge is 2.33. The summed E-state index contributed by atoms with van der Waals surface area (Å²) in [6.07, 6.45) is 9.57. The maximum absolute atomic E-state index is 11.8. The van der Waals surface area contributed by atoms with Crippen LogP contribution in [-0.2, 0) is 10.0 Å². The van der Waals surface area contributed by atoms with Crippen molar-refractivity contribution in [3.63, 3.8) is 0 Å². The molecule has 8 heteroatoms. The molecule has 0 unspecified atom stereocenters. The van der Waals surface area contributed by atoms with Crippen molar-refractivity contribution in [3.8, 4) is 0 Å². The lowest BCUT2D eigenvalue weighted by atomic mass is 9.83. The molecule has 1 saturated heterocycles. The number of halogens is 1. The van der Waals surface area contributed by atoms with E-state index in [0.29, 0.717) is 18.5 Å². The standard InChI is InChI=1S/C16H32N4O2S.HI/c1-4-16(9-5-6-10-16)13-19-15(17-2)18-12-14-8-7-11-20(14)23(3,21)22;/h14H,4-13H2,1-3H3,(H2,17,18,19);1H/t14-;/m1./s1. The highest BCUT2D eigenvalue weighted by molar-refractivity contribution is 14.0. The largest absolute Gasteiger partial charge is 0.356 e. The van der Waals surface area contributed by atoms with Gasteiger partial charge >= 0.3 is 0 Å². The maximum atomic E-state index is 11.8. The zero-order chi connectivity index (χ0) is 16.9. The smallest absolute Gasteiger partial charge is 0.211 e. The number of nitrogens with one attached hydrogen (secondary N) is 2. The van der Waals surface area contributed by atoms with Gasteiger partial charge in [0, 0.05) is 32.7 Å². The van der Waals surface area contributed by atoms with Gasteiger partial charge in [-0.05, 0) is 37.5 Å². The Kier molecular flexibility index (Phi) is 8.75. The normalized spacial score (nSPS) is 24.6. The van der Waals surface area contributed by atoms with Gasteiger partial charge in [-0.15, -0.1) is 24.0 Å². The van der Waals surface area contributed by atoms with Gasteiger partial charge in [0.25, 0.3) is 0 Å². The summed E-state index contributed by atoms with van der Waals surface area (Å²) in [5.41, 5.74) is 0.407. The van der Waals surface area contributed by atoms with Gasteiger partial charge in [0.1, 0.15) is 0 Å². The number of hydrogen-bond acceptors (Lipinski definition) is 3. The molecule has 0 aromatic heterocycles. The van der Waals surface area contributed by atoms with Crippen molar-refractivity contribution < 1.29 is 8.42 Å². The Morgan fingerprint density at radius 3 is 2.46 bits per heavy atom. The Morgan fingerprint density at radius 1 is 1.25 bits per heavy atom. The molecule has 2 rings (SSSR count). The first-order chi connectivity index (χ1) is 10.9. The van der Waals surface area contributed by atoms with Crippen LogP contribution in [0.1, 0.15) is 51.9 Å². The summed E-state index contributed by atoms with van der Waals surface area (Å²) < 4.78 is 25.2. The molecule has 2 aliphatic rings. The molecule has 1 atom stereocenters. The second-order valence-electron chi connectivity index (χ2n) is 7.04. The molecule has 0 radical (unpaired) electrons. The van der Waals surface area contributed by atoms with Gasteiger partial charge in [0.05, 0.1) is 6.26 Å². The Hall–Kier alpha value is -0.0900. The van der Waals surface area contributed by atoms with Crippen LogP contribution in [0.25, 0.3) is 0 Å². The van der Waals surface area contributed by atoms with Gasteiger partial charge in [0.2, 0.25) is 10.0 Å². The van der Waals surface area contributed by atoms with Crippen LogP contribution < -0.4 is 10.6 Å². The molecule has 0 spiro atoms. The predicted octanol–water partition coefficient (Wildman–Crippen LogP) is 2.16. The molecule has 1 aliphatic carbocycles. The summed E-state index contributed by atoms with van der Waals surface area (Å²) >= 11 is 0. The van der Waals surface area contributed by atoms with Crippen LogP contribution in [0.2, 0.25) is 0 Å². The molecular formula is C16H33IN4O2S. The summed E-state index contributed by atoms with van der Waals surface area (Å²) in [5, 5.41) is 6.76. The van der Waals surface area contributed by atoms with Crippen LogP contribution >= 0.6 is 24.0 Å². The number of nitrogens with zero attached hydrogens (tertiary/aromatic N) is 2. The van der Waals surface area contributed by atoms with E-state index in [2.05, 4.69) is 22.5 Å². The van der Waals surface area contributed by atoms with E-state index in [0.717, 1.165) is 25.3 Å². The molecule has 0 amide bonds. The van der Waals surface area contributed by atoms with Crippen molar-refractivity contribution in [3.05, 3.63) is 0 Å². The topological polar surface area (TPSA) is 73.8 Å². The highest BCUT2D eigenvalue weighted by atomic mass is 127. The van der Waals surface area contributed by atoms with Crippen molar-refractivity contribution in [1.29, 1.82) is 0 Å². The van der Waals surface area contributed by atoms with Gasteiger partial charge < -0.3 is 10.6 Å². The molecule has 1 heterocycles. The predicted molar refractivity (Wildman–Crippen MR) is 111 cm³/mol. The fraction of sp³-hybridized carbons (Fsp3) is 0.938. The van der Waals surface area contributed by atoms with E-state index in [1.54, 1.807) is 11.4 Å². The highest BCUT2D eigenvalue weighted by Crippen LogP contribution is 2.40. The third-order valence-corrected chi connectivity index (χ3v) is 6.86. The summed E-state index contributed by atoms with van der Waals surface area (Å²) in [5.74, 6) is 0.782. The molecule has 2 N–H and O–H groups in total. The van der Waals surface area contributed by atoms with Crippen molar-refractivity contribution in [2.24, 2.45) is 10.4 Å². The summed E-state index contributed by atoms with van der Waals surface area (Å²) in [7, 11) is -1.34. The molecule has 2 fully saturated rings. The molecule has 24 heavy (non-hydrogen) atoms. The Morgan fingerprint density at radius 2 is 1.92 bits per heavy atom. The zero-order valence-electron chi connectivity index (χ0n) is 15.2. The van der Waals surface area contributed by atoms with Gasteiger partial charge in [-0.2, -0.15) is 4.31 Å². The first kappa shape index (κ1) is 22.0. The van der Waals surface area contributed by atoms with Gasteiger partial charge in [-0.3, -0.25) is 4.99 Å². The lowest BCUT2D eigenvalue weighted by molar-refractivity contribution is 0.283. The first-order valence-corrected chi connectivity index (χ1v) is 10.7. The molecule has 0 bridgehead atoms. The van der Waals surface area contributed by atoms with E-state index in [1.807, 2.05) is 0 Å². The average molecular weight is 472 g/mol. The number of hydrogen-bond donors (Lipinski definition) is 2. The molecule has 6 nitrogen and oxygen atoms in total. The van der Waals surface area contributed by atoms with E-state index < -0.39 is 10.0 Å². The Labute approximate surface area is 164 Å². The molecule has 0 aromatic rings. The van der Waals surface area contributed by atoms with Crippen LogP contribution in [0, 0.1) is 5.41 Å². The number of rotatable bonds is 6. The van der Waals surface area contributed by atoms with E-state index in [-0.39, 0.29) is 30.0 Å². The quantitative estimate of drug-likeness (QED) is 0.353. The van der Waals surface area contributed by atoms with Crippen molar-refractivity contribution >= 4 is 40.0 Å². The monoisotopic (exact) mass is 472 g/mol. The number of aliphatic imine (C=N–C) groups is 1. The van der Waals surface area contributed by atoms with Gasteiger partial charge in [0.15, 0.2) is 5.96 Å². The van der Waals surface area contributed by atoms with Gasteiger partial charge in [-0.1, -0.05) is 19.8 Å². The lowest BCUT2D eigenvalue weighted by Crippen LogP contribution is -2.48. The Bertz CT molecular complexity index is 518. The van der Waals surface area contributed by atoms with E-state index in [1.165, 1.54) is 38.4 Å². The van der Waals surface area contributed by atoms with Crippen molar-refractivity contribution in [2.75, 3.05) is 32.9 Å². The van der Waals surface area contributed by atoms with Crippen LogP contribution in [0.4, 0.5) is 0 Å². The first-order valence-electron chi connectivity index (χ1n) is 8.81. The van der Waals surface area contributed by atoms with Crippen LogP contribution in [0.3, 0.4) is 0 Å². The Balaban J connectivity index is 0.00000288. The van der Waals surface area contributed by atoms with Crippen molar-refractivity contribution in [2.45, 2.75) is 57.9 Å². The fourth-order valence-corrected chi connectivity index (χ4v) is 5.12. The molecule has 1 aliphatic heterocycles. The van der Waals surface area contributed by atoms with Crippen LogP contribution in [0.5, 0.6) is 0 Å². The minimum Gasteiger partial charge on any atom is -0.356 e. The average Bonchev–Trinajstić information content (AvgIpc) is 3.16. The minimum atomic E-state index is -3.11. The third kappa shape index (κ3) is 5.72. The summed E-state index contributed by atoms with van der Waals surface area (Å²) in [6, 6.07) is 0.0372. The molecule has 1 saturated carbocycles. The van der Waals surface area contributed by atoms with Gasteiger partial charge in [-0.25, -0.2) is 8.42 Å². The van der Waals surface area contributed by atoms with E-state index in [4.69, 9.17) is 0 Å². The zero-order valence-corrected chi connectivity index (χ0v) is 18.3. The molecule has 0 aromatic carbocycles. The fourth-order valence-electron chi connectivity index (χ4n) is 3.94. The second kappa shape index (κ2) is 9.56. The minimum absolute atomic E-state index is 0. The molecular weight excluding hydrogens is 439 g/mol. The lowest BCUT2D eigenvalue weighted by Gasteiger charge is -2.29. The van der Waals surface area contributed by atoms with Crippen molar-refractivity contribution in [1.82, 2.24) is 14.9 Å². The van der Waals surface area contributed by atoms with Crippen LogP contribution in [-0.4, -0.2) is 57.7 Å². The summed E-state index contributed by atoms with van der Waals surface area (Å²) in [6.45, 7) is 4.47. The SMILES string of the molecule is CCC1(CNC(=NC)NC[C@H]2CCCN2S(C)(=O)=O)CCCC1.I. The van der Waals surface area contributed by atoms with E-state index in [9.17, 15) is 8.42 Å². The number of guanidine groups is 1. The maximum Gasteiger partial charge on any atom is 0.211 e.